The highest BCUT2D eigenvalue weighted by molar-refractivity contribution is 5.80. The Morgan fingerprint density at radius 1 is 0.974 bits per heavy atom. The first-order valence-corrected chi connectivity index (χ1v) is 11.7. The molecule has 0 amide bonds. The molecular formula is C30H28F3NO4. The maximum absolute atomic E-state index is 13.1. The number of hydrogen-bond donors (Lipinski definition) is 1. The lowest BCUT2D eigenvalue weighted by molar-refractivity contribution is -0.139. The molecule has 3 aromatic carbocycles. The minimum atomic E-state index is -4.42. The Morgan fingerprint density at radius 2 is 1.61 bits per heavy atom. The van der Waals surface area contributed by atoms with Crippen molar-refractivity contribution in [3.63, 3.8) is 0 Å². The third kappa shape index (κ3) is 8.43. The predicted octanol–water partition coefficient (Wildman–Crippen LogP) is 5.90. The number of benzene rings is 3. The van der Waals surface area contributed by atoms with Crippen LogP contribution in [0.2, 0.25) is 0 Å². The van der Waals surface area contributed by atoms with Crippen LogP contribution in [0.1, 0.15) is 27.8 Å². The fourth-order valence-corrected chi connectivity index (χ4v) is 3.51. The van der Waals surface area contributed by atoms with Crippen LogP contribution < -0.4 is 9.47 Å². The molecule has 0 unspecified atom stereocenters. The topological polar surface area (TPSA) is 59.0 Å². The van der Waals surface area contributed by atoms with E-state index in [1.165, 1.54) is 12.1 Å². The number of rotatable bonds is 9. The van der Waals surface area contributed by atoms with Crippen LogP contribution in [0.3, 0.4) is 0 Å². The van der Waals surface area contributed by atoms with Gasteiger partial charge in [-0.15, -0.1) is 0 Å². The lowest BCUT2D eigenvalue weighted by Crippen LogP contribution is -2.10. The van der Waals surface area contributed by atoms with Crippen molar-refractivity contribution in [3.8, 4) is 23.3 Å². The van der Waals surface area contributed by atoms with Gasteiger partial charge in [0.2, 0.25) is 0 Å². The number of nitrogens with zero attached hydrogens (tertiary/aromatic N) is 1. The summed E-state index contributed by atoms with van der Waals surface area (Å²) >= 11 is 0. The summed E-state index contributed by atoms with van der Waals surface area (Å²) in [7, 11) is 3.87. The number of aliphatic carboxylic acids is 1. The average Bonchev–Trinajstić information content (AvgIpc) is 2.86. The van der Waals surface area contributed by atoms with Gasteiger partial charge in [-0.05, 0) is 91.8 Å². The Hall–Kier alpha value is -4.22. The minimum Gasteiger partial charge on any atom is -0.489 e. The van der Waals surface area contributed by atoms with Crippen LogP contribution in [-0.2, 0) is 11.0 Å². The van der Waals surface area contributed by atoms with E-state index in [0.717, 1.165) is 23.3 Å². The number of alkyl halides is 3. The summed E-state index contributed by atoms with van der Waals surface area (Å²) in [6, 6.07) is 17.5. The summed E-state index contributed by atoms with van der Waals surface area (Å²) in [5.74, 6) is 6.08. The maximum atomic E-state index is 13.1. The molecule has 0 atom stereocenters. The van der Waals surface area contributed by atoms with Crippen LogP contribution in [0, 0.1) is 18.8 Å². The zero-order valence-electron chi connectivity index (χ0n) is 21.3. The van der Waals surface area contributed by atoms with Crippen LogP contribution in [0.5, 0.6) is 11.5 Å². The molecule has 3 rings (SSSR count). The smallest absolute Gasteiger partial charge is 0.416 e. The van der Waals surface area contributed by atoms with Crippen molar-refractivity contribution in [2.24, 2.45) is 0 Å². The molecule has 0 aliphatic heterocycles. The molecule has 0 bridgehead atoms. The van der Waals surface area contributed by atoms with E-state index in [1.54, 1.807) is 31.2 Å². The third-order valence-corrected chi connectivity index (χ3v) is 5.38. The normalized spacial score (nSPS) is 11.6. The van der Waals surface area contributed by atoms with E-state index in [2.05, 4.69) is 11.8 Å². The summed E-state index contributed by atoms with van der Waals surface area (Å²) in [6.45, 7) is 2.11. The molecule has 198 valence electrons. The molecule has 0 fully saturated rings. The molecular weight excluding hydrogens is 495 g/mol. The van der Waals surface area contributed by atoms with Gasteiger partial charge in [-0.25, -0.2) is 4.79 Å². The van der Waals surface area contributed by atoms with Crippen molar-refractivity contribution in [1.29, 1.82) is 0 Å². The van der Waals surface area contributed by atoms with Crippen molar-refractivity contribution in [2.75, 3.05) is 33.9 Å². The number of aryl methyl sites for hydroxylation is 1. The molecule has 8 heteroatoms. The van der Waals surface area contributed by atoms with Crippen molar-refractivity contribution in [1.82, 2.24) is 4.90 Å². The first-order chi connectivity index (χ1) is 18.0. The second-order valence-electron chi connectivity index (χ2n) is 8.73. The van der Waals surface area contributed by atoms with E-state index in [-0.39, 0.29) is 6.61 Å². The van der Waals surface area contributed by atoms with Gasteiger partial charge in [0.25, 0.3) is 0 Å². The van der Waals surface area contributed by atoms with E-state index in [4.69, 9.17) is 14.6 Å². The predicted molar refractivity (Wildman–Crippen MR) is 140 cm³/mol. The highest BCUT2D eigenvalue weighted by Gasteiger charge is 2.30. The van der Waals surface area contributed by atoms with Crippen molar-refractivity contribution >= 4 is 11.5 Å². The van der Waals surface area contributed by atoms with Crippen LogP contribution in [0.4, 0.5) is 13.2 Å². The second-order valence-corrected chi connectivity index (χ2v) is 8.73. The highest BCUT2D eigenvalue weighted by Crippen LogP contribution is 2.32. The summed E-state index contributed by atoms with van der Waals surface area (Å²) < 4.78 is 50.4. The van der Waals surface area contributed by atoms with Gasteiger partial charge in [-0.2, -0.15) is 13.2 Å². The van der Waals surface area contributed by atoms with Gasteiger partial charge in [0.05, 0.1) is 12.1 Å². The quantitative estimate of drug-likeness (QED) is 0.354. The fourth-order valence-electron chi connectivity index (χ4n) is 3.51. The van der Waals surface area contributed by atoms with Crippen molar-refractivity contribution in [2.45, 2.75) is 13.1 Å². The fraction of sp³-hybridized carbons (Fsp3) is 0.233. The summed E-state index contributed by atoms with van der Waals surface area (Å²) in [5.41, 5.74) is 2.96. The molecule has 5 nitrogen and oxygen atoms in total. The maximum Gasteiger partial charge on any atom is 0.416 e. The Balaban J connectivity index is 1.84. The molecule has 0 radical (unpaired) electrons. The number of ether oxygens (including phenoxy) is 2. The molecule has 0 aliphatic rings. The van der Waals surface area contributed by atoms with Gasteiger partial charge in [0, 0.05) is 5.56 Å². The Morgan fingerprint density at radius 3 is 2.16 bits per heavy atom. The van der Waals surface area contributed by atoms with Gasteiger partial charge in [0.1, 0.15) is 18.1 Å². The molecule has 0 saturated carbocycles. The molecule has 38 heavy (non-hydrogen) atoms. The summed E-state index contributed by atoms with van der Waals surface area (Å²) in [6.07, 6.45) is -2.61. The Labute approximate surface area is 220 Å². The van der Waals surface area contributed by atoms with Crippen LogP contribution in [0.15, 0.2) is 72.8 Å². The summed E-state index contributed by atoms with van der Waals surface area (Å²) in [5, 5.41) is 8.78. The number of halogens is 3. The molecule has 3 aromatic rings. The Bertz CT molecular complexity index is 1330. The third-order valence-electron chi connectivity index (χ3n) is 5.38. The first-order valence-electron chi connectivity index (χ1n) is 11.7. The van der Waals surface area contributed by atoms with Crippen molar-refractivity contribution < 1.29 is 32.5 Å². The van der Waals surface area contributed by atoms with Crippen molar-refractivity contribution in [3.05, 3.63) is 101 Å². The largest absolute Gasteiger partial charge is 0.489 e. The molecule has 1 N–H and O–H groups in total. The van der Waals surface area contributed by atoms with E-state index >= 15 is 0 Å². The SMILES string of the molecule is Cc1cc(OCC=C(c2ccc(C#CCN(C)C)cc2)c2ccc(C(F)(F)F)cc2)ccc1OCC(=O)O. The number of hydrogen-bond acceptors (Lipinski definition) is 4. The van der Waals surface area contributed by atoms with E-state index in [1.807, 2.05) is 43.3 Å². The standard InChI is InChI=1S/C30H28F3NO4/c1-21-19-26(14-15-28(21)38-20-29(35)36)37-18-16-27(24-10-12-25(13-11-24)30(31,32)33)23-8-6-22(7-9-23)5-4-17-34(2)3/h6-16,19H,17-18,20H2,1-3H3,(H,35,36). The molecule has 0 aromatic heterocycles. The molecule has 0 spiro atoms. The zero-order valence-corrected chi connectivity index (χ0v) is 21.3. The van der Waals surface area contributed by atoms with Crippen LogP contribution in [-0.4, -0.2) is 49.8 Å². The number of carboxylic acid groups (broad SMARTS) is 1. The van der Waals surface area contributed by atoms with E-state index < -0.39 is 24.3 Å². The first kappa shape index (κ1) is 28.4. The highest BCUT2D eigenvalue weighted by atomic mass is 19.4. The van der Waals surface area contributed by atoms with Crippen LogP contribution >= 0.6 is 0 Å². The van der Waals surface area contributed by atoms with Gasteiger partial charge < -0.3 is 14.6 Å². The van der Waals surface area contributed by atoms with Gasteiger partial charge in [0.15, 0.2) is 6.61 Å². The summed E-state index contributed by atoms with van der Waals surface area (Å²) in [4.78, 5) is 12.7. The average molecular weight is 524 g/mol. The number of carbonyl (C=O) groups is 1. The zero-order chi connectivity index (χ0) is 27.7. The van der Waals surface area contributed by atoms with Gasteiger partial charge >= 0.3 is 12.1 Å². The molecule has 0 heterocycles. The minimum absolute atomic E-state index is 0.148. The second kappa shape index (κ2) is 12.8. The lowest BCUT2D eigenvalue weighted by Gasteiger charge is -2.13. The lowest BCUT2D eigenvalue weighted by atomic mass is 9.96. The van der Waals surface area contributed by atoms with Gasteiger partial charge in [-0.1, -0.05) is 36.1 Å². The molecule has 0 aliphatic carbocycles. The van der Waals surface area contributed by atoms with Crippen LogP contribution in [0.25, 0.3) is 5.57 Å². The Kier molecular flexibility index (Phi) is 9.58. The van der Waals surface area contributed by atoms with Gasteiger partial charge in [-0.3, -0.25) is 4.90 Å². The molecule has 0 saturated heterocycles. The monoisotopic (exact) mass is 523 g/mol. The van der Waals surface area contributed by atoms with E-state index in [0.29, 0.717) is 34.7 Å². The van der Waals surface area contributed by atoms with E-state index in [9.17, 15) is 18.0 Å². The number of carboxylic acids is 1.